The molecule has 1 amide bonds. The highest BCUT2D eigenvalue weighted by molar-refractivity contribution is 5.88. The van der Waals surface area contributed by atoms with Crippen LogP contribution < -0.4 is 0 Å². The maximum Gasteiger partial charge on any atom is 0.226 e. The topological polar surface area (TPSA) is 37.4 Å². The predicted molar refractivity (Wildman–Crippen MR) is 52.8 cm³/mol. The molecule has 3 heteroatoms. The number of carbonyl (C=O) groups is 2. The van der Waals surface area contributed by atoms with Crippen molar-refractivity contribution in [1.82, 2.24) is 4.90 Å². The molecule has 3 nitrogen and oxygen atoms in total. The van der Waals surface area contributed by atoms with Crippen molar-refractivity contribution in [2.24, 2.45) is 5.92 Å². The minimum absolute atomic E-state index is 0.00866. The third-order valence-corrected chi connectivity index (χ3v) is 3.25. The fourth-order valence-electron chi connectivity index (χ4n) is 2.43. The Balaban J connectivity index is 1.92. The van der Waals surface area contributed by atoms with Gasteiger partial charge in [-0.1, -0.05) is 0 Å². The lowest BCUT2D eigenvalue weighted by Gasteiger charge is -2.25. The number of Topliss-reactive ketones (excluding diaryl/α,β-unsaturated/α-hetero) is 1. The third kappa shape index (κ3) is 1.97. The summed E-state index contributed by atoms with van der Waals surface area (Å²) in [6.07, 6.45) is 5.27. The summed E-state index contributed by atoms with van der Waals surface area (Å²) in [5, 5.41) is 0. The molecular weight excluding hydrogens is 178 g/mol. The first-order chi connectivity index (χ1) is 6.77. The van der Waals surface area contributed by atoms with Gasteiger partial charge in [-0.05, 0) is 25.7 Å². The zero-order valence-corrected chi connectivity index (χ0v) is 8.50. The molecule has 0 radical (unpaired) electrons. The average molecular weight is 195 g/mol. The Morgan fingerprint density at radius 3 is 2.57 bits per heavy atom. The van der Waals surface area contributed by atoms with Gasteiger partial charge in [-0.25, -0.2) is 0 Å². The zero-order valence-electron chi connectivity index (χ0n) is 8.50. The number of hydrogen-bond donors (Lipinski definition) is 0. The van der Waals surface area contributed by atoms with Gasteiger partial charge in [-0.2, -0.15) is 0 Å². The van der Waals surface area contributed by atoms with Crippen LogP contribution in [0.3, 0.4) is 0 Å². The van der Waals surface area contributed by atoms with Gasteiger partial charge in [0.15, 0.2) is 0 Å². The van der Waals surface area contributed by atoms with Crippen molar-refractivity contribution in [3.05, 3.63) is 0 Å². The van der Waals surface area contributed by atoms with Crippen LogP contribution in [-0.4, -0.2) is 29.7 Å². The van der Waals surface area contributed by atoms with Crippen molar-refractivity contribution in [3.63, 3.8) is 0 Å². The molecule has 0 aromatic rings. The Morgan fingerprint density at radius 2 is 1.93 bits per heavy atom. The lowest BCUT2D eigenvalue weighted by molar-refractivity contribution is -0.138. The maximum atomic E-state index is 11.9. The van der Waals surface area contributed by atoms with Crippen LogP contribution in [0.25, 0.3) is 0 Å². The van der Waals surface area contributed by atoms with E-state index in [0.29, 0.717) is 12.8 Å². The number of nitrogens with zero attached hydrogens (tertiary/aromatic N) is 1. The first-order valence-electron chi connectivity index (χ1n) is 5.58. The number of likely N-dealkylation sites (tertiary alicyclic amines) is 1. The minimum atomic E-state index is 0.00866. The molecule has 0 bridgehead atoms. The molecule has 14 heavy (non-hydrogen) atoms. The second-order valence-electron chi connectivity index (χ2n) is 4.36. The predicted octanol–water partition coefficient (Wildman–Crippen LogP) is 1.37. The third-order valence-electron chi connectivity index (χ3n) is 3.25. The number of amides is 1. The number of hydrogen-bond acceptors (Lipinski definition) is 2. The highest BCUT2D eigenvalue weighted by Gasteiger charge is 2.30. The second kappa shape index (κ2) is 4.11. The SMILES string of the molecule is O=C1CCCC(C(=O)N2CCCC2)C1. The Kier molecular flexibility index (Phi) is 2.85. The van der Waals surface area contributed by atoms with E-state index >= 15 is 0 Å². The summed E-state index contributed by atoms with van der Waals surface area (Å²) in [7, 11) is 0. The minimum Gasteiger partial charge on any atom is -0.342 e. The summed E-state index contributed by atoms with van der Waals surface area (Å²) in [5.74, 6) is 0.513. The van der Waals surface area contributed by atoms with Crippen LogP contribution in [0.4, 0.5) is 0 Å². The summed E-state index contributed by atoms with van der Waals surface area (Å²) in [5.41, 5.74) is 0. The van der Waals surface area contributed by atoms with E-state index in [1.54, 1.807) is 0 Å². The van der Waals surface area contributed by atoms with Crippen LogP contribution in [-0.2, 0) is 9.59 Å². The fourth-order valence-corrected chi connectivity index (χ4v) is 2.43. The van der Waals surface area contributed by atoms with Crippen molar-refractivity contribution in [2.45, 2.75) is 38.5 Å². The molecule has 1 heterocycles. The molecule has 2 fully saturated rings. The van der Waals surface area contributed by atoms with Crippen LogP contribution in [0.5, 0.6) is 0 Å². The number of rotatable bonds is 1. The van der Waals surface area contributed by atoms with Crippen molar-refractivity contribution in [2.75, 3.05) is 13.1 Å². The summed E-state index contributed by atoms with van der Waals surface area (Å²) >= 11 is 0. The largest absolute Gasteiger partial charge is 0.342 e. The van der Waals surface area contributed by atoms with Crippen LogP contribution in [0.15, 0.2) is 0 Å². The number of carbonyl (C=O) groups excluding carboxylic acids is 2. The van der Waals surface area contributed by atoms with Crippen molar-refractivity contribution >= 4 is 11.7 Å². The van der Waals surface area contributed by atoms with Crippen LogP contribution >= 0.6 is 0 Å². The Morgan fingerprint density at radius 1 is 1.21 bits per heavy atom. The lowest BCUT2D eigenvalue weighted by atomic mass is 9.87. The second-order valence-corrected chi connectivity index (χ2v) is 4.36. The fraction of sp³-hybridized carbons (Fsp3) is 0.818. The molecule has 0 aromatic heterocycles. The van der Waals surface area contributed by atoms with Gasteiger partial charge in [0, 0.05) is 31.8 Å². The van der Waals surface area contributed by atoms with E-state index in [1.807, 2.05) is 4.90 Å². The molecule has 1 unspecified atom stereocenters. The van der Waals surface area contributed by atoms with E-state index in [9.17, 15) is 9.59 Å². The van der Waals surface area contributed by atoms with Gasteiger partial charge in [0.2, 0.25) is 5.91 Å². The van der Waals surface area contributed by atoms with E-state index in [-0.39, 0.29) is 17.6 Å². The van der Waals surface area contributed by atoms with Gasteiger partial charge < -0.3 is 4.90 Å². The van der Waals surface area contributed by atoms with Crippen LogP contribution in [0, 0.1) is 5.92 Å². The lowest BCUT2D eigenvalue weighted by Crippen LogP contribution is -2.36. The monoisotopic (exact) mass is 195 g/mol. The van der Waals surface area contributed by atoms with Gasteiger partial charge >= 0.3 is 0 Å². The Hall–Kier alpha value is -0.860. The molecule has 2 aliphatic rings. The van der Waals surface area contributed by atoms with Crippen LogP contribution in [0.1, 0.15) is 38.5 Å². The normalized spacial score (nSPS) is 28.1. The standard InChI is InChI=1S/C11H17NO2/c13-10-5-3-4-9(8-10)11(14)12-6-1-2-7-12/h9H,1-8H2. The molecule has 78 valence electrons. The summed E-state index contributed by atoms with van der Waals surface area (Å²) in [6.45, 7) is 1.81. The van der Waals surface area contributed by atoms with E-state index in [1.165, 1.54) is 0 Å². The van der Waals surface area contributed by atoms with Gasteiger partial charge in [0.25, 0.3) is 0 Å². The summed E-state index contributed by atoms with van der Waals surface area (Å²) in [6, 6.07) is 0. The van der Waals surface area contributed by atoms with E-state index in [2.05, 4.69) is 0 Å². The van der Waals surface area contributed by atoms with Crippen LogP contribution in [0.2, 0.25) is 0 Å². The maximum absolute atomic E-state index is 11.9. The average Bonchev–Trinajstić information content (AvgIpc) is 2.69. The Bertz CT molecular complexity index is 244. The molecule has 2 rings (SSSR count). The molecule has 1 atom stereocenters. The smallest absolute Gasteiger partial charge is 0.226 e. The van der Waals surface area contributed by atoms with Gasteiger partial charge in [0.1, 0.15) is 5.78 Å². The van der Waals surface area contributed by atoms with Gasteiger partial charge in [-0.15, -0.1) is 0 Å². The summed E-state index contributed by atoms with van der Waals surface area (Å²) in [4.78, 5) is 25.1. The highest BCUT2D eigenvalue weighted by Crippen LogP contribution is 2.24. The first kappa shape index (κ1) is 9.69. The van der Waals surface area contributed by atoms with Crippen molar-refractivity contribution in [1.29, 1.82) is 0 Å². The molecule has 1 aliphatic carbocycles. The first-order valence-corrected chi connectivity index (χ1v) is 5.58. The molecule has 0 aromatic carbocycles. The van der Waals surface area contributed by atoms with Gasteiger partial charge in [0.05, 0.1) is 0 Å². The molecule has 0 spiro atoms. The van der Waals surface area contributed by atoms with Crippen molar-refractivity contribution in [3.8, 4) is 0 Å². The number of ketones is 1. The molecular formula is C11H17NO2. The quantitative estimate of drug-likeness (QED) is 0.633. The molecule has 1 aliphatic heterocycles. The van der Waals surface area contributed by atoms with E-state index < -0.39 is 0 Å². The zero-order chi connectivity index (χ0) is 9.97. The van der Waals surface area contributed by atoms with E-state index in [4.69, 9.17) is 0 Å². The molecule has 1 saturated heterocycles. The Labute approximate surface area is 84.5 Å². The van der Waals surface area contributed by atoms with Crippen molar-refractivity contribution < 1.29 is 9.59 Å². The van der Waals surface area contributed by atoms with E-state index in [0.717, 1.165) is 38.8 Å². The molecule has 1 saturated carbocycles. The molecule has 0 N–H and O–H groups in total. The van der Waals surface area contributed by atoms with Gasteiger partial charge in [-0.3, -0.25) is 9.59 Å². The highest BCUT2D eigenvalue weighted by atomic mass is 16.2. The summed E-state index contributed by atoms with van der Waals surface area (Å²) < 4.78 is 0.